The minimum atomic E-state index is 0.128. The molecule has 132 valence electrons. The molecule has 0 aromatic carbocycles. The smallest absolute Gasteiger partial charge is 0.272 e. The highest BCUT2D eigenvalue weighted by Gasteiger charge is 2.31. The van der Waals surface area contributed by atoms with E-state index in [2.05, 4.69) is 22.4 Å². The lowest BCUT2D eigenvalue weighted by molar-refractivity contribution is 0.0795. The van der Waals surface area contributed by atoms with Crippen LogP contribution >= 0.6 is 0 Å². The zero-order valence-electron chi connectivity index (χ0n) is 14.7. The van der Waals surface area contributed by atoms with Gasteiger partial charge in [-0.2, -0.15) is 5.10 Å². The fourth-order valence-corrected chi connectivity index (χ4v) is 3.91. The second-order valence-corrected chi connectivity index (χ2v) is 7.08. The number of hydrogen-bond donors (Lipinski definition) is 1. The van der Waals surface area contributed by atoms with Crippen molar-refractivity contribution in [1.29, 1.82) is 0 Å². The first-order chi connectivity index (χ1) is 12.2. The maximum absolute atomic E-state index is 12.7. The molecule has 6 heteroatoms. The van der Waals surface area contributed by atoms with E-state index in [0.29, 0.717) is 6.04 Å². The van der Waals surface area contributed by atoms with Gasteiger partial charge in [0.15, 0.2) is 0 Å². The average Bonchev–Trinajstić information content (AvgIpc) is 2.92. The Kier molecular flexibility index (Phi) is 4.53. The third-order valence-electron chi connectivity index (χ3n) is 5.32. The van der Waals surface area contributed by atoms with Gasteiger partial charge in [-0.25, -0.2) is 0 Å². The minimum Gasteiger partial charge on any atom is -0.340 e. The van der Waals surface area contributed by atoms with E-state index in [1.807, 2.05) is 29.0 Å². The number of rotatable bonds is 4. The highest BCUT2D eigenvalue weighted by atomic mass is 16.2. The van der Waals surface area contributed by atoms with E-state index >= 15 is 0 Å². The molecular weight excluding hydrogens is 314 g/mol. The van der Waals surface area contributed by atoms with Gasteiger partial charge in [0.05, 0.1) is 5.69 Å². The van der Waals surface area contributed by atoms with Crippen molar-refractivity contribution < 1.29 is 4.79 Å². The zero-order valence-corrected chi connectivity index (χ0v) is 14.7. The molecule has 2 aromatic rings. The second-order valence-electron chi connectivity index (χ2n) is 7.08. The molecule has 1 N–H and O–H groups in total. The quantitative estimate of drug-likeness (QED) is 0.916. The number of aryl methyl sites for hydroxylation is 2. The number of nitrogens with one attached hydrogen (secondary N) is 1. The van der Waals surface area contributed by atoms with Crippen LogP contribution in [0.1, 0.15) is 40.2 Å². The summed E-state index contributed by atoms with van der Waals surface area (Å²) >= 11 is 0. The molecule has 3 heterocycles. The minimum absolute atomic E-state index is 0.128. The van der Waals surface area contributed by atoms with Crippen molar-refractivity contribution in [2.75, 3.05) is 20.1 Å². The first kappa shape index (κ1) is 16.3. The van der Waals surface area contributed by atoms with Crippen LogP contribution in [-0.4, -0.2) is 51.8 Å². The number of aromatic nitrogens is 3. The van der Waals surface area contributed by atoms with Crippen molar-refractivity contribution in [3.8, 4) is 0 Å². The normalized spacial score (nSPS) is 20.1. The van der Waals surface area contributed by atoms with Crippen molar-refractivity contribution in [3.05, 3.63) is 47.0 Å². The third-order valence-corrected chi connectivity index (χ3v) is 5.32. The Labute approximate surface area is 148 Å². The molecule has 6 nitrogen and oxygen atoms in total. The second kappa shape index (κ2) is 6.96. The predicted molar refractivity (Wildman–Crippen MR) is 95.6 cm³/mol. The third kappa shape index (κ3) is 3.31. The van der Waals surface area contributed by atoms with Crippen LogP contribution in [0.2, 0.25) is 0 Å². The van der Waals surface area contributed by atoms with E-state index in [-0.39, 0.29) is 5.91 Å². The van der Waals surface area contributed by atoms with Crippen molar-refractivity contribution in [3.63, 3.8) is 0 Å². The summed E-state index contributed by atoms with van der Waals surface area (Å²) in [5, 5.41) is 8.40. The van der Waals surface area contributed by atoms with Crippen LogP contribution < -0.4 is 5.32 Å². The van der Waals surface area contributed by atoms with Crippen LogP contribution in [0.15, 0.2) is 24.5 Å². The van der Waals surface area contributed by atoms with Gasteiger partial charge in [-0.15, -0.1) is 0 Å². The van der Waals surface area contributed by atoms with Crippen molar-refractivity contribution >= 4 is 5.91 Å². The summed E-state index contributed by atoms with van der Waals surface area (Å²) in [6.07, 6.45) is 8.60. The van der Waals surface area contributed by atoms with Crippen LogP contribution in [0.25, 0.3) is 0 Å². The van der Waals surface area contributed by atoms with Gasteiger partial charge in [-0.05, 0) is 56.3 Å². The Bertz CT molecular complexity index is 755. The van der Waals surface area contributed by atoms with Crippen LogP contribution in [0.3, 0.4) is 0 Å². The van der Waals surface area contributed by atoms with Crippen LogP contribution in [0.5, 0.6) is 0 Å². The number of pyridine rings is 1. The molecule has 1 aliphatic carbocycles. The van der Waals surface area contributed by atoms with E-state index in [1.165, 1.54) is 11.1 Å². The lowest BCUT2D eigenvalue weighted by atomic mass is 9.91. The molecule has 0 saturated heterocycles. The topological polar surface area (TPSA) is 63.1 Å². The molecule has 0 bridgehead atoms. The standard InChI is InChI=1S/C19H25N5O/c1-23-11-2-12-24-18(19(23)25)16-13-15(3-4-17(16)22-24)21-10-7-14-5-8-20-9-6-14/h5-6,8-9,15,21H,2-4,7,10-13H2,1H3. The lowest BCUT2D eigenvalue weighted by Crippen LogP contribution is -2.36. The van der Waals surface area contributed by atoms with Crippen molar-refractivity contribution in [2.24, 2.45) is 0 Å². The van der Waals surface area contributed by atoms with E-state index in [1.54, 1.807) is 0 Å². The Balaban J connectivity index is 1.44. The Morgan fingerprint density at radius 1 is 1.28 bits per heavy atom. The molecule has 0 saturated carbocycles. The van der Waals surface area contributed by atoms with E-state index in [0.717, 1.165) is 63.1 Å². The van der Waals surface area contributed by atoms with Gasteiger partial charge in [0, 0.05) is 44.1 Å². The van der Waals surface area contributed by atoms with Gasteiger partial charge in [0.2, 0.25) is 0 Å². The van der Waals surface area contributed by atoms with Gasteiger partial charge in [0.25, 0.3) is 5.91 Å². The molecule has 25 heavy (non-hydrogen) atoms. The van der Waals surface area contributed by atoms with Crippen LogP contribution in [-0.2, 0) is 25.8 Å². The van der Waals surface area contributed by atoms with E-state index < -0.39 is 0 Å². The fraction of sp³-hybridized carbons (Fsp3) is 0.526. The molecule has 1 amide bonds. The van der Waals surface area contributed by atoms with Gasteiger partial charge in [-0.3, -0.25) is 14.5 Å². The number of carbonyl (C=O) groups is 1. The summed E-state index contributed by atoms with van der Waals surface area (Å²) in [7, 11) is 1.89. The molecule has 0 spiro atoms. The fourth-order valence-electron chi connectivity index (χ4n) is 3.91. The molecule has 2 aromatic heterocycles. The largest absolute Gasteiger partial charge is 0.340 e. The first-order valence-electron chi connectivity index (χ1n) is 9.18. The lowest BCUT2D eigenvalue weighted by Gasteiger charge is -2.24. The summed E-state index contributed by atoms with van der Waals surface area (Å²) in [5.41, 5.74) is 4.43. The molecule has 1 atom stereocenters. The first-order valence-corrected chi connectivity index (χ1v) is 9.18. The van der Waals surface area contributed by atoms with Crippen LogP contribution in [0, 0.1) is 0 Å². The average molecular weight is 339 g/mol. The number of amides is 1. The Hall–Kier alpha value is -2.21. The van der Waals surface area contributed by atoms with E-state index in [9.17, 15) is 4.79 Å². The van der Waals surface area contributed by atoms with Gasteiger partial charge < -0.3 is 10.2 Å². The molecule has 0 radical (unpaired) electrons. The highest BCUT2D eigenvalue weighted by molar-refractivity contribution is 5.94. The predicted octanol–water partition coefficient (Wildman–Crippen LogP) is 1.44. The van der Waals surface area contributed by atoms with Crippen molar-refractivity contribution in [2.45, 2.75) is 44.7 Å². The highest BCUT2D eigenvalue weighted by Crippen LogP contribution is 2.27. The molecule has 4 rings (SSSR count). The SMILES string of the molecule is CN1CCCn2nc3c(c2C1=O)CC(NCCc1ccncc1)CC3. The zero-order chi connectivity index (χ0) is 17.2. The van der Waals surface area contributed by atoms with Gasteiger partial charge in [0.1, 0.15) is 5.69 Å². The number of hydrogen-bond acceptors (Lipinski definition) is 4. The molecule has 1 aliphatic heterocycles. The number of carbonyl (C=O) groups excluding carboxylic acids is 1. The summed E-state index contributed by atoms with van der Waals surface area (Å²) in [6, 6.07) is 4.55. The Morgan fingerprint density at radius 3 is 2.96 bits per heavy atom. The molecule has 0 fully saturated rings. The summed E-state index contributed by atoms with van der Waals surface area (Å²) < 4.78 is 1.95. The molecular formula is C19H25N5O. The Morgan fingerprint density at radius 2 is 2.12 bits per heavy atom. The maximum atomic E-state index is 12.7. The summed E-state index contributed by atoms with van der Waals surface area (Å²) in [4.78, 5) is 18.6. The van der Waals surface area contributed by atoms with Gasteiger partial charge in [-0.1, -0.05) is 0 Å². The molecule has 1 unspecified atom stereocenters. The summed E-state index contributed by atoms with van der Waals surface area (Å²) in [5.74, 6) is 0.128. The van der Waals surface area contributed by atoms with E-state index in [4.69, 9.17) is 5.10 Å². The number of fused-ring (bicyclic) bond motifs is 3. The number of nitrogens with zero attached hydrogens (tertiary/aromatic N) is 4. The summed E-state index contributed by atoms with van der Waals surface area (Å²) in [6.45, 7) is 2.60. The monoisotopic (exact) mass is 339 g/mol. The molecule has 2 aliphatic rings. The van der Waals surface area contributed by atoms with Crippen LogP contribution in [0.4, 0.5) is 0 Å². The van der Waals surface area contributed by atoms with Crippen molar-refractivity contribution in [1.82, 2.24) is 25.0 Å². The van der Waals surface area contributed by atoms with Gasteiger partial charge >= 0.3 is 0 Å². The maximum Gasteiger partial charge on any atom is 0.272 e.